The van der Waals surface area contributed by atoms with Gasteiger partial charge in [-0.05, 0) is 29.7 Å². The molecule has 1 atom stereocenters. The first-order chi connectivity index (χ1) is 10.3. The largest absolute Gasteiger partial charge is 0.478 e. The van der Waals surface area contributed by atoms with E-state index < -0.39 is 23.6 Å². The van der Waals surface area contributed by atoms with Gasteiger partial charge in [0, 0.05) is 5.92 Å². The number of rotatable bonds is 4. The molecule has 2 rings (SSSR count). The number of carboxylic acid groups (broad SMARTS) is 1. The van der Waals surface area contributed by atoms with Crippen LogP contribution in [0.5, 0.6) is 0 Å². The maximum Gasteiger partial charge on any atom is 0.416 e. The summed E-state index contributed by atoms with van der Waals surface area (Å²) in [6, 6.07) is 11.5. The minimum absolute atomic E-state index is 0.117. The third-order valence-corrected chi connectivity index (χ3v) is 3.59. The van der Waals surface area contributed by atoms with Gasteiger partial charge in [0.2, 0.25) is 0 Å². The highest BCUT2D eigenvalue weighted by atomic mass is 19.4. The summed E-state index contributed by atoms with van der Waals surface area (Å²) in [6.45, 7) is 1.82. The van der Waals surface area contributed by atoms with E-state index in [-0.39, 0.29) is 5.56 Å². The lowest BCUT2D eigenvalue weighted by Crippen LogP contribution is -2.10. The van der Waals surface area contributed by atoms with Crippen molar-refractivity contribution in [2.45, 2.75) is 25.4 Å². The Kier molecular flexibility index (Phi) is 4.54. The number of alkyl halides is 3. The van der Waals surface area contributed by atoms with Crippen molar-refractivity contribution in [3.05, 3.63) is 70.8 Å². The van der Waals surface area contributed by atoms with Crippen molar-refractivity contribution in [3.63, 3.8) is 0 Å². The highest BCUT2D eigenvalue weighted by molar-refractivity contribution is 5.89. The van der Waals surface area contributed by atoms with Crippen molar-refractivity contribution in [1.82, 2.24) is 0 Å². The Balaban J connectivity index is 2.52. The summed E-state index contributed by atoms with van der Waals surface area (Å²) >= 11 is 0. The maximum absolute atomic E-state index is 12.9. The van der Waals surface area contributed by atoms with E-state index in [1.165, 1.54) is 12.1 Å². The van der Waals surface area contributed by atoms with Crippen LogP contribution in [0, 0.1) is 0 Å². The molecule has 0 bridgehead atoms. The van der Waals surface area contributed by atoms with E-state index in [9.17, 15) is 23.1 Å². The molecule has 0 aromatic heterocycles. The summed E-state index contributed by atoms with van der Waals surface area (Å²) in [5.41, 5.74) is 0.380. The van der Waals surface area contributed by atoms with Crippen LogP contribution < -0.4 is 0 Å². The first-order valence-electron chi connectivity index (χ1n) is 6.84. The first-order valence-corrected chi connectivity index (χ1v) is 6.84. The van der Waals surface area contributed by atoms with Gasteiger partial charge in [0.05, 0.1) is 11.1 Å². The summed E-state index contributed by atoms with van der Waals surface area (Å²) in [5.74, 6) is -1.48. The number of hydrogen-bond donors (Lipinski definition) is 1. The normalized spacial score (nSPS) is 12.9. The van der Waals surface area contributed by atoms with Gasteiger partial charge in [-0.3, -0.25) is 0 Å². The fourth-order valence-electron chi connectivity index (χ4n) is 2.56. The lowest BCUT2D eigenvalue weighted by molar-refractivity contribution is -0.137. The molecule has 0 aliphatic carbocycles. The Morgan fingerprint density at radius 3 is 2.41 bits per heavy atom. The molecule has 0 radical (unpaired) electrons. The average Bonchev–Trinajstić information content (AvgIpc) is 2.48. The molecule has 0 saturated heterocycles. The third kappa shape index (κ3) is 3.30. The third-order valence-electron chi connectivity index (χ3n) is 3.59. The molecule has 0 aliphatic rings. The molecule has 0 amide bonds. The number of aromatic carboxylic acids is 1. The zero-order valence-corrected chi connectivity index (χ0v) is 11.9. The molecule has 2 nitrogen and oxygen atoms in total. The van der Waals surface area contributed by atoms with Crippen LogP contribution >= 0.6 is 0 Å². The Morgan fingerprint density at radius 2 is 1.82 bits per heavy atom. The van der Waals surface area contributed by atoms with Crippen molar-refractivity contribution in [2.75, 3.05) is 0 Å². The summed E-state index contributed by atoms with van der Waals surface area (Å²) < 4.78 is 38.6. The number of halogens is 3. The standard InChI is InChI=1S/C17H15F3O2/c1-2-13(14-8-3-4-9-15(14)16(21)22)11-6-5-7-12(10-11)17(18,19)20/h3-10,13H,2H2,1H3,(H,21,22). The molecule has 0 heterocycles. The van der Waals surface area contributed by atoms with E-state index in [4.69, 9.17) is 0 Å². The Labute approximate surface area is 126 Å². The molecule has 0 saturated carbocycles. The quantitative estimate of drug-likeness (QED) is 0.868. The van der Waals surface area contributed by atoms with E-state index in [0.717, 1.165) is 12.1 Å². The Morgan fingerprint density at radius 1 is 1.14 bits per heavy atom. The zero-order chi connectivity index (χ0) is 16.3. The molecule has 0 fully saturated rings. The highest BCUT2D eigenvalue weighted by Gasteiger charge is 2.31. The van der Waals surface area contributed by atoms with E-state index in [2.05, 4.69) is 0 Å². The van der Waals surface area contributed by atoms with Gasteiger partial charge in [0.1, 0.15) is 0 Å². The zero-order valence-electron chi connectivity index (χ0n) is 11.9. The molecule has 0 spiro atoms. The SMILES string of the molecule is CCC(c1cccc(C(F)(F)F)c1)c1ccccc1C(=O)O. The molecule has 1 unspecified atom stereocenters. The molecule has 2 aromatic carbocycles. The summed E-state index contributed by atoms with van der Waals surface area (Å²) in [6.07, 6.45) is -3.91. The molecule has 1 N–H and O–H groups in total. The van der Waals surface area contributed by atoms with Crippen LogP contribution in [-0.4, -0.2) is 11.1 Å². The van der Waals surface area contributed by atoms with Crippen LogP contribution in [0.1, 0.15) is 46.3 Å². The summed E-state index contributed by atoms with van der Waals surface area (Å²) in [5, 5.41) is 9.26. The number of benzene rings is 2. The van der Waals surface area contributed by atoms with Gasteiger partial charge in [0.15, 0.2) is 0 Å². The van der Waals surface area contributed by atoms with Gasteiger partial charge in [-0.25, -0.2) is 4.79 Å². The van der Waals surface area contributed by atoms with Crippen molar-refractivity contribution in [3.8, 4) is 0 Å². The monoisotopic (exact) mass is 308 g/mol. The maximum atomic E-state index is 12.9. The average molecular weight is 308 g/mol. The summed E-state index contributed by atoms with van der Waals surface area (Å²) in [7, 11) is 0. The minimum Gasteiger partial charge on any atom is -0.478 e. The molecule has 5 heteroatoms. The van der Waals surface area contributed by atoms with Crippen LogP contribution in [0.4, 0.5) is 13.2 Å². The van der Waals surface area contributed by atoms with Crippen LogP contribution in [-0.2, 0) is 6.18 Å². The molecule has 0 aliphatic heterocycles. The van der Waals surface area contributed by atoms with Crippen molar-refractivity contribution in [1.29, 1.82) is 0 Å². The fraction of sp³-hybridized carbons (Fsp3) is 0.235. The lowest BCUT2D eigenvalue weighted by Gasteiger charge is -2.19. The minimum atomic E-state index is -4.42. The Bertz CT molecular complexity index is 678. The van der Waals surface area contributed by atoms with Gasteiger partial charge >= 0.3 is 12.1 Å². The second kappa shape index (κ2) is 6.22. The first kappa shape index (κ1) is 16.1. The summed E-state index contributed by atoms with van der Waals surface area (Å²) in [4.78, 5) is 11.3. The molecule has 2 aromatic rings. The van der Waals surface area contributed by atoms with E-state index >= 15 is 0 Å². The van der Waals surface area contributed by atoms with E-state index in [1.54, 1.807) is 24.3 Å². The predicted octanol–water partition coefficient (Wildman–Crippen LogP) is 4.95. The van der Waals surface area contributed by atoms with Crippen LogP contribution in [0.3, 0.4) is 0 Å². The second-order valence-electron chi connectivity index (χ2n) is 4.98. The van der Waals surface area contributed by atoms with Gasteiger partial charge in [-0.2, -0.15) is 13.2 Å². The van der Waals surface area contributed by atoms with Gasteiger partial charge < -0.3 is 5.11 Å². The number of carbonyl (C=O) groups is 1. The van der Waals surface area contributed by atoms with Crippen molar-refractivity contribution < 1.29 is 23.1 Å². The van der Waals surface area contributed by atoms with Gasteiger partial charge in [-0.15, -0.1) is 0 Å². The van der Waals surface area contributed by atoms with Crippen LogP contribution in [0.2, 0.25) is 0 Å². The second-order valence-corrected chi connectivity index (χ2v) is 4.98. The highest BCUT2D eigenvalue weighted by Crippen LogP contribution is 2.35. The molecule has 22 heavy (non-hydrogen) atoms. The number of hydrogen-bond acceptors (Lipinski definition) is 1. The van der Waals surface area contributed by atoms with Gasteiger partial charge in [-0.1, -0.05) is 43.3 Å². The van der Waals surface area contributed by atoms with E-state index in [1.807, 2.05) is 6.92 Å². The predicted molar refractivity (Wildman–Crippen MR) is 77.0 cm³/mol. The molecular formula is C17H15F3O2. The smallest absolute Gasteiger partial charge is 0.416 e. The number of carboxylic acids is 1. The van der Waals surface area contributed by atoms with Crippen LogP contribution in [0.25, 0.3) is 0 Å². The van der Waals surface area contributed by atoms with Crippen molar-refractivity contribution in [2.24, 2.45) is 0 Å². The van der Waals surface area contributed by atoms with Crippen LogP contribution in [0.15, 0.2) is 48.5 Å². The van der Waals surface area contributed by atoms with Gasteiger partial charge in [0.25, 0.3) is 0 Å². The lowest BCUT2D eigenvalue weighted by atomic mass is 9.85. The molecular weight excluding hydrogens is 293 g/mol. The molecule has 116 valence electrons. The fourth-order valence-corrected chi connectivity index (χ4v) is 2.56. The van der Waals surface area contributed by atoms with Crippen molar-refractivity contribution >= 4 is 5.97 Å². The Hall–Kier alpha value is -2.30. The van der Waals surface area contributed by atoms with E-state index in [0.29, 0.717) is 17.5 Å². The topological polar surface area (TPSA) is 37.3 Å².